The highest BCUT2D eigenvalue weighted by Crippen LogP contribution is 2.35. The number of fused-ring (bicyclic) bond motifs is 1. The number of aromatic nitrogens is 1. The zero-order valence-electron chi connectivity index (χ0n) is 22.7. The van der Waals surface area contributed by atoms with Crippen molar-refractivity contribution in [1.82, 2.24) is 10.5 Å². The maximum atomic E-state index is 11.9. The van der Waals surface area contributed by atoms with E-state index in [4.69, 9.17) is 14.0 Å². The molecule has 0 spiro atoms. The van der Waals surface area contributed by atoms with Gasteiger partial charge in [-0.15, -0.1) is 0 Å². The third kappa shape index (κ3) is 6.86. The number of rotatable bonds is 14. The molecule has 1 atom stereocenters. The number of benzene rings is 3. The molecule has 4 aromatic rings. The minimum absolute atomic E-state index is 0.276. The number of ether oxygens (including phenoxy) is 2. The van der Waals surface area contributed by atoms with Crippen LogP contribution in [0, 0.1) is 0 Å². The Bertz CT molecular complexity index is 1440. The van der Waals surface area contributed by atoms with E-state index in [-0.39, 0.29) is 11.1 Å². The van der Waals surface area contributed by atoms with E-state index in [1.54, 1.807) is 0 Å². The van der Waals surface area contributed by atoms with Crippen molar-refractivity contribution >= 4 is 33.9 Å². The van der Waals surface area contributed by atoms with Crippen molar-refractivity contribution in [3.63, 3.8) is 0 Å². The lowest BCUT2D eigenvalue weighted by Gasteiger charge is -2.12. The summed E-state index contributed by atoms with van der Waals surface area (Å²) in [7, 11) is 0. The molecule has 3 aromatic carbocycles. The number of nitrogens with zero attached hydrogens (tertiary/aromatic N) is 1. The number of imide groups is 1. The third-order valence-electron chi connectivity index (χ3n) is 6.93. The van der Waals surface area contributed by atoms with Crippen LogP contribution in [0.4, 0.5) is 4.79 Å². The van der Waals surface area contributed by atoms with E-state index in [2.05, 4.69) is 53.8 Å². The molecular weight excluding hydrogens is 524 g/mol. The van der Waals surface area contributed by atoms with Crippen molar-refractivity contribution in [3.05, 3.63) is 89.1 Å². The van der Waals surface area contributed by atoms with Crippen molar-refractivity contribution in [2.24, 2.45) is 0 Å². The lowest BCUT2D eigenvalue weighted by molar-refractivity contribution is -0.119. The van der Waals surface area contributed by atoms with Crippen molar-refractivity contribution < 1.29 is 23.6 Å². The molecule has 5 rings (SSSR count). The zero-order valence-corrected chi connectivity index (χ0v) is 23.5. The fraction of sp³-hybridized carbons (Fsp3) is 0.344. The standard InChI is InChI=1S/C32H34N2O5S/c1-2-9-26-28(19-18-25-27(34-39-29(25)26)13-7-6-12-22-10-4-3-5-11-22)38-21-8-20-37-24-16-14-23(15-17-24)30-31(35)33-32(36)40-30/h3-5,10-11,14-19,30H,2,6-9,12-13,20-21H2,1H3,(H,33,35,36). The molecule has 0 bridgehead atoms. The van der Waals surface area contributed by atoms with Gasteiger partial charge in [0.2, 0.25) is 5.91 Å². The van der Waals surface area contributed by atoms with E-state index in [0.717, 1.165) is 83.8 Å². The molecule has 8 heteroatoms. The van der Waals surface area contributed by atoms with Crippen LogP contribution in [-0.2, 0) is 24.1 Å². The predicted octanol–water partition coefficient (Wildman–Crippen LogP) is 7.22. The van der Waals surface area contributed by atoms with Crippen LogP contribution in [0.2, 0.25) is 0 Å². The third-order valence-corrected chi connectivity index (χ3v) is 7.97. The molecule has 0 aliphatic carbocycles. The van der Waals surface area contributed by atoms with Gasteiger partial charge in [-0.3, -0.25) is 14.9 Å². The van der Waals surface area contributed by atoms with Crippen LogP contribution in [0.15, 0.2) is 71.3 Å². The number of unbranched alkanes of at least 4 members (excludes halogenated alkanes) is 1. The SMILES string of the molecule is CCCc1c(OCCCOc2ccc(C3SC(=O)NC3=O)cc2)ccc2c(CCCCc3ccccc3)noc12. The summed E-state index contributed by atoms with van der Waals surface area (Å²) in [6.45, 7) is 3.16. The minimum atomic E-state index is -0.496. The van der Waals surface area contributed by atoms with Crippen molar-refractivity contribution in [2.45, 2.75) is 57.1 Å². The quantitative estimate of drug-likeness (QED) is 0.163. The number of aryl methyl sites for hydroxylation is 3. The first-order valence-corrected chi connectivity index (χ1v) is 14.8. The van der Waals surface area contributed by atoms with Gasteiger partial charge in [0.15, 0.2) is 5.58 Å². The van der Waals surface area contributed by atoms with Crippen LogP contribution in [0.5, 0.6) is 11.5 Å². The van der Waals surface area contributed by atoms with Crippen molar-refractivity contribution in [3.8, 4) is 11.5 Å². The van der Waals surface area contributed by atoms with E-state index in [0.29, 0.717) is 25.4 Å². The Morgan fingerprint density at radius 3 is 2.40 bits per heavy atom. The van der Waals surface area contributed by atoms with Gasteiger partial charge < -0.3 is 14.0 Å². The fourth-order valence-electron chi connectivity index (χ4n) is 4.91. The Hall–Kier alpha value is -3.78. The summed E-state index contributed by atoms with van der Waals surface area (Å²) in [5, 5.41) is 7.00. The number of amides is 2. The van der Waals surface area contributed by atoms with Gasteiger partial charge >= 0.3 is 0 Å². The largest absolute Gasteiger partial charge is 0.493 e. The molecule has 1 saturated heterocycles. The van der Waals surface area contributed by atoms with Crippen LogP contribution in [0.25, 0.3) is 11.0 Å². The number of carbonyl (C=O) groups excluding carboxylic acids is 2. The Labute approximate surface area is 238 Å². The average molecular weight is 559 g/mol. The molecule has 2 amide bonds. The second-order valence-electron chi connectivity index (χ2n) is 9.89. The van der Waals surface area contributed by atoms with Crippen molar-refractivity contribution in [1.29, 1.82) is 0 Å². The van der Waals surface area contributed by atoms with Gasteiger partial charge in [0.1, 0.15) is 16.7 Å². The molecule has 1 aliphatic heterocycles. The minimum Gasteiger partial charge on any atom is -0.493 e. The van der Waals surface area contributed by atoms with Crippen LogP contribution < -0.4 is 14.8 Å². The molecule has 1 fully saturated rings. The summed E-state index contributed by atoms with van der Waals surface area (Å²) in [5.41, 5.74) is 5.09. The average Bonchev–Trinajstić information content (AvgIpc) is 3.54. The molecule has 0 saturated carbocycles. The number of carbonyl (C=O) groups is 2. The number of nitrogens with one attached hydrogen (secondary N) is 1. The van der Waals surface area contributed by atoms with E-state index in [1.165, 1.54) is 5.56 Å². The molecule has 40 heavy (non-hydrogen) atoms. The Balaban J connectivity index is 1.10. The molecule has 208 valence electrons. The normalized spacial score (nSPS) is 15.0. The number of thioether (sulfide) groups is 1. The topological polar surface area (TPSA) is 90.7 Å². The second kappa shape index (κ2) is 13.5. The van der Waals surface area contributed by atoms with Gasteiger partial charge in [-0.25, -0.2) is 0 Å². The van der Waals surface area contributed by atoms with E-state index in [9.17, 15) is 9.59 Å². The molecular formula is C32H34N2O5S. The highest BCUT2D eigenvalue weighted by Gasteiger charge is 2.32. The maximum absolute atomic E-state index is 11.9. The smallest absolute Gasteiger partial charge is 0.286 e. The number of hydrogen-bond acceptors (Lipinski definition) is 7. The van der Waals surface area contributed by atoms with Crippen LogP contribution >= 0.6 is 11.8 Å². The van der Waals surface area contributed by atoms with Gasteiger partial charge in [-0.05, 0) is 79.3 Å². The molecule has 1 N–H and O–H groups in total. The second-order valence-corrected chi connectivity index (χ2v) is 11.0. The fourth-order valence-corrected chi connectivity index (χ4v) is 5.74. The van der Waals surface area contributed by atoms with Gasteiger partial charge in [-0.1, -0.05) is 61.0 Å². The molecule has 2 heterocycles. The maximum Gasteiger partial charge on any atom is 0.286 e. The molecule has 1 unspecified atom stereocenters. The van der Waals surface area contributed by atoms with E-state index >= 15 is 0 Å². The van der Waals surface area contributed by atoms with Crippen LogP contribution in [0.3, 0.4) is 0 Å². The van der Waals surface area contributed by atoms with Gasteiger partial charge in [0, 0.05) is 17.4 Å². The Morgan fingerprint density at radius 1 is 0.875 bits per heavy atom. The van der Waals surface area contributed by atoms with Gasteiger partial charge in [0.25, 0.3) is 5.24 Å². The van der Waals surface area contributed by atoms with Gasteiger partial charge in [-0.2, -0.15) is 0 Å². The molecule has 7 nitrogen and oxygen atoms in total. The summed E-state index contributed by atoms with van der Waals surface area (Å²) in [4.78, 5) is 23.3. The summed E-state index contributed by atoms with van der Waals surface area (Å²) < 4.78 is 17.8. The van der Waals surface area contributed by atoms with Gasteiger partial charge in [0.05, 0.1) is 18.9 Å². The van der Waals surface area contributed by atoms with E-state index < -0.39 is 5.25 Å². The molecule has 0 radical (unpaired) electrons. The predicted molar refractivity (Wildman–Crippen MR) is 157 cm³/mol. The summed E-state index contributed by atoms with van der Waals surface area (Å²) in [6, 6.07) is 22.0. The first kappa shape index (κ1) is 27.8. The Morgan fingerprint density at radius 2 is 1.65 bits per heavy atom. The number of hydrogen-bond donors (Lipinski definition) is 1. The summed E-state index contributed by atoms with van der Waals surface area (Å²) in [6.07, 6.45) is 6.71. The van der Waals surface area contributed by atoms with Crippen LogP contribution in [0.1, 0.15) is 60.2 Å². The highest BCUT2D eigenvalue weighted by atomic mass is 32.2. The molecule has 1 aliphatic rings. The monoisotopic (exact) mass is 558 g/mol. The van der Waals surface area contributed by atoms with Crippen molar-refractivity contribution in [2.75, 3.05) is 13.2 Å². The highest BCUT2D eigenvalue weighted by molar-refractivity contribution is 8.15. The lowest BCUT2D eigenvalue weighted by atomic mass is 10.0. The summed E-state index contributed by atoms with van der Waals surface area (Å²) >= 11 is 0.997. The Kier molecular flexibility index (Phi) is 9.39. The lowest BCUT2D eigenvalue weighted by Crippen LogP contribution is -2.20. The first-order chi connectivity index (χ1) is 19.6. The zero-order chi connectivity index (χ0) is 27.7. The van der Waals surface area contributed by atoms with E-state index in [1.807, 2.05) is 30.3 Å². The first-order valence-electron chi connectivity index (χ1n) is 13.9. The summed E-state index contributed by atoms with van der Waals surface area (Å²) in [5.74, 6) is 1.28. The molecule has 1 aromatic heterocycles. The van der Waals surface area contributed by atoms with Crippen LogP contribution in [-0.4, -0.2) is 29.5 Å².